The van der Waals surface area contributed by atoms with E-state index in [1.54, 1.807) is 32.0 Å². The molecule has 0 aliphatic carbocycles. The Morgan fingerprint density at radius 2 is 1.72 bits per heavy atom. The van der Waals surface area contributed by atoms with Crippen LogP contribution in [0.2, 0.25) is 0 Å². The Morgan fingerprint density at radius 3 is 2.38 bits per heavy atom. The van der Waals surface area contributed by atoms with Crippen molar-refractivity contribution in [3.63, 3.8) is 0 Å². The smallest absolute Gasteiger partial charge is 0.334 e. The Morgan fingerprint density at radius 1 is 0.974 bits per heavy atom. The monoisotopic (exact) mass is 533 g/mol. The maximum absolute atomic E-state index is 12.9. The lowest BCUT2D eigenvalue weighted by molar-refractivity contribution is -0.139. The number of aromatic nitrogens is 1. The van der Waals surface area contributed by atoms with E-state index in [9.17, 15) is 14.4 Å². The van der Waals surface area contributed by atoms with Crippen molar-refractivity contribution in [2.45, 2.75) is 39.7 Å². The molecule has 9 nitrogen and oxygen atoms in total. The summed E-state index contributed by atoms with van der Waals surface area (Å²) in [6.07, 6.45) is 2.71. The molecule has 1 unspecified atom stereocenters. The minimum Gasteiger partial charge on any atom is -0.497 e. The summed E-state index contributed by atoms with van der Waals surface area (Å²) in [6, 6.07) is 14.6. The number of allylic oxidation sites excluding steroid dienone is 2. The van der Waals surface area contributed by atoms with Gasteiger partial charge in [0, 0.05) is 18.9 Å². The fourth-order valence-electron chi connectivity index (χ4n) is 4.63. The largest absolute Gasteiger partial charge is 0.497 e. The zero-order valence-electron chi connectivity index (χ0n) is 22.4. The van der Waals surface area contributed by atoms with E-state index in [0.29, 0.717) is 28.0 Å². The molecule has 0 N–H and O–H groups in total. The van der Waals surface area contributed by atoms with Gasteiger partial charge in [-0.3, -0.25) is 4.79 Å². The van der Waals surface area contributed by atoms with Crippen molar-refractivity contribution in [1.82, 2.24) is 4.57 Å². The molecular weight excluding hydrogens is 502 g/mol. The van der Waals surface area contributed by atoms with Crippen LogP contribution < -0.4 is 9.47 Å². The molecule has 0 bridgehead atoms. The predicted molar refractivity (Wildman–Crippen MR) is 143 cm³/mol. The molecule has 1 aliphatic rings. The molecule has 0 saturated heterocycles. The van der Waals surface area contributed by atoms with Gasteiger partial charge >= 0.3 is 11.9 Å². The van der Waals surface area contributed by atoms with E-state index in [-0.39, 0.29) is 43.8 Å². The molecule has 39 heavy (non-hydrogen) atoms. The molecule has 0 radical (unpaired) electrons. The number of hydrogen-bond donors (Lipinski definition) is 0. The Bertz CT molecular complexity index is 1430. The van der Waals surface area contributed by atoms with Crippen LogP contribution in [0.4, 0.5) is 0 Å². The van der Waals surface area contributed by atoms with Crippen LogP contribution in [0.25, 0.3) is 10.9 Å². The van der Waals surface area contributed by atoms with Crippen molar-refractivity contribution in [3.8, 4) is 11.6 Å². The number of methoxy groups -OCH3 is 1. The van der Waals surface area contributed by atoms with Gasteiger partial charge in [-0.05, 0) is 31.5 Å². The van der Waals surface area contributed by atoms with Crippen LogP contribution in [0.3, 0.4) is 0 Å². The number of ether oxygens (including phenoxy) is 5. The lowest BCUT2D eigenvalue weighted by Gasteiger charge is -2.28. The van der Waals surface area contributed by atoms with Crippen LogP contribution >= 0.6 is 0 Å². The van der Waals surface area contributed by atoms with E-state index in [2.05, 4.69) is 0 Å². The molecule has 1 aliphatic heterocycles. The lowest BCUT2D eigenvalue weighted by Crippen LogP contribution is -2.20. The van der Waals surface area contributed by atoms with Crippen molar-refractivity contribution >= 4 is 28.7 Å². The summed E-state index contributed by atoms with van der Waals surface area (Å²) in [5, 5.41) is 0.648. The van der Waals surface area contributed by atoms with Gasteiger partial charge < -0.3 is 23.7 Å². The topological polar surface area (TPSA) is 102 Å². The third-order valence-corrected chi connectivity index (χ3v) is 6.17. The average molecular weight is 534 g/mol. The first-order valence-corrected chi connectivity index (χ1v) is 12.7. The molecule has 3 aromatic rings. The quantitative estimate of drug-likeness (QED) is 0.208. The molecular formula is C30H31NO8. The Kier molecular flexibility index (Phi) is 8.70. The fraction of sp³-hybridized carbons (Fsp3) is 0.300. The predicted octanol–water partition coefficient (Wildman–Crippen LogP) is 5.29. The highest BCUT2D eigenvalue weighted by atomic mass is 16.5. The van der Waals surface area contributed by atoms with Gasteiger partial charge in [-0.15, -0.1) is 0 Å². The van der Waals surface area contributed by atoms with Crippen molar-refractivity contribution in [3.05, 3.63) is 83.3 Å². The summed E-state index contributed by atoms with van der Waals surface area (Å²) in [5.74, 6) is -0.745. The molecule has 2 aromatic carbocycles. The second kappa shape index (κ2) is 12.3. The molecule has 2 heterocycles. The summed E-state index contributed by atoms with van der Waals surface area (Å²) >= 11 is 0. The highest BCUT2D eigenvalue weighted by Gasteiger charge is 2.37. The normalized spacial score (nSPS) is 15.8. The van der Waals surface area contributed by atoms with Gasteiger partial charge in [0.05, 0.1) is 49.3 Å². The molecule has 0 fully saturated rings. The number of esters is 2. The molecule has 4 rings (SSSR count). The average Bonchev–Trinajstić information content (AvgIpc) is 3.26. The maximum atomic E-state index is 12.9. The van der Waals surface area contributed by atoms with E-state index >= 15 is 0 Å². The van der Waals surface area contributed by atoms with Crippen molar-refractivity contribution in [2.75, 3.05) is 20.3 Å². The van der Waals surface area contributed by atoms with E-state index in [1.165, 1.54) is 30.8 Å². The van der Waals surface area contributed by atoms with E-state index in [4.69, 9.17) is 23.7 Å². The number of nitrogens with zero attached hydrogens (tertiary/aromatic N) is 1. The van der Waals surface area contributed by atoms with Gasteiger partial charge in [0.1, 0.15) is 23.9 Å². The maximum Gasteiger partial charge on any atom is 0.334 e. The first-order chi connectivity index (χ1) is 18.9. The first-order valence-electron chi connectivity index (χ1n) is 12.7. The minimum atomic E-state index is -0.605. The number of hydrogen-bond acceptors (Lipinski definition) is 8. The van der Waals surface area contributed by atoms with Gasteiger partial charge in [-0.2, -0.15) is 0 Å². The van der Waals surface area contributed by atoms with E-state index < -0.39 is 17.9 Å². The second-order valence-electron chi connectivity index (χ2n) is 8.72. The summed E-state index contributed by atoms with van der Waals surface area (Å²) < 4.78 is 29.8. The van der Waals surface area contributed by atoms with Gasteiger partial charge in [0.2, 0.25) is 11.8 Å². The summed E-state index contributed by atoms with van der Waals surface area (Å²) in [7, 11) is 1.54. The van der Waals surface area contributed by atoms with E-state index in [1.807, 2.05) is 30.3 Å². The van der Waals surface area contributed by atoms with E-state index in [0.717, 1.165) is 5.56 Å². The van der Waals surface area contributed by atoms with Crippen molar-refractivity contribution in [1.29, 1.82) is 0 Å². The molecule has 1 aromatic heterocycles. The Hall–Kier alpha value is -4.53. The highest BCUT2D eigenvalue weighted by Crippen LogP contribution is 2.50. The molecule has 0 spiro atoms. The van der Waals surface area contributed by atoms with Gasteiger partial charge in [0.25, 0.3) is 0 Å². The number of fused-ring (bicyclic) bond motifs is 3. The zero-order chi connectivity index (χ0) is 27.9. The highest BCUT2D eigenvalue weighted by molar-refractivity contribution is 6.01. The molecule has 9 heteroatoms. The SMILES string of the molecule is CCOC(=O)/C=C(/OCC)C1C/C(=C\C(=O)OCc2ccccc2)Oc2c1c1c(OC)cccc1n2C(C)=O. The van der Waals surface area contributed by atoms with Gasteiger partial charge in [-0.1, -0.05) is 36.4 Å². The Labute approximate surface area is 226 Å². The van der Waals surface area contributed by atoms with Crippen molar-refractivity contribution < 1.29 is 38.1 Å². The van der Waals surface area contributed by atoms with Crippen molar-refractivity contribution in [2.24, 2.45) is 0 Å². The zero-order valence-corrected chi connectivity index (χ0v) is 22.4. The summed E-state index contributed by atoms with van der Waals surface area (Å²) in [5.41, 5.74) is 2.02. The minimum absolute atomic E-state index is 0.0933. The van der Waals surface area contributed by atoms with Crippen LogP contribution in [0.5, 0.6) is 11.6 Å². The van der Waals surface area contributed by atoms with Gasteiger partial charge in [0.15, 0.2) is 0 Å². The second-order valence-corrected chi connectivity index (χ2v) is 8.72. The lowest BCUT2D eigenvalue weighted by atomic mass is 9.89. The number of carbonyl (C=O) groups excluding carboxylic acids is 3. The van der Waals surface area contributed by atoms with Crippen LogP contribution in [0, 0.1) is 0 Å². The third kappa shape index (κ3) is 5.98. The molecule has 204 valence electrons. The fourth-order valence-corrected chi connectivity index (χ4v) is 4.63. The molecule has 0 saturated carbocycles. The third-order valence-electron chi connectivity index (χ3n) is 6.17. The van der Waals surface area contributed by atoms with Gasteiger partial charge in [-0.25, -0.2) is 14.2 Å². The van der Waals surface area contributed by atoms with Crippen LogP contribution in [0.1, 0.15) is 49.0 Å². The molecule has 1 atom stereocenters. The molecule has 0 amide bonds. The number of carbonyl (C=O) groups is 3. The Balaban J connectivity index is 1.84. The standard InChI is InChI=1S/C30H31NO8/c1-5-36-25(17-27(34)37-6-2)22-15-21(16-26(33)38-18-20-11-8-7-9-12-20)39-30-28(22)29-23(31(30)19(3)32)13-10-14-24(29)35-4/h7-14,16-17,22H,5-6,15,18H2,1-4H3/b21-16+,25-17+. The first kappa shape index (κ1) is 27.5. The number of benzene rings is 2. The van der Waals surface area contributed by atoms with Crippen LogP contribution in [-0.2, 0) is 30.4 Å². The summed E-state index contributed by atoms with van der Waals surface area (Å²) in [4.78, 5) is 38.1. The number of rotatable bonds is 9. The van der Waals surface area contributed by atoms with Crippen LogP contribution in [-0.4, -0.2) is 42.7 Å². The summed E-state index contributed by atoms with van der Waals surface area (Å²) in [6.45, 7) is 5.50. The van der Waals surface area contributed by atoms with Crippen LogP contribution in [0.15, 0.2) is 72.2 Å².